The van der Waals surface area contributed by atoms with Gasteiger partial charge in [-0.25, -0.2) is 0 Å². The molecule has 0 saturated carbocycles. The van der Waals surface area contributed by atoms with Crippen LogP contribution in [0.2, 0.25) is 0 Å². The van der Waals surface area contributed by atoms with E-state index in [4.69, 9.17) is 9.84 Å². The largest absolute Gasteiger partial charge is 0.504 e. The van der Waals surface area contributed by atoms with Gasteiger partial charge in [-0.3, -0.25) is 4.79 Å². The molecule has 1 aromatic rings. The van der Waals surface area contributed by atoms with Crippen molar-refractivity contribution >= 4 is 5.78 Å². The van der Waals surface area contributed by atoms with E-state index in [0.29, 0.717) is 18.7 Å². The summed E-state index contributed by atoms with van der Waals surface area (Å²) in [5.41, 5.74) is 0.376. The highest BCUT2D eigenvalue weighted by Gasteiger charge is 2.08. The van der Waals surface area contributed by atoms with Crippen molar-refractivity contribution in [1.29, 1.82) is 0 Å². The summed E-state index contributed by atoms with van der Waals surface area (Å²) in [4.78, 5) is 11.8. The van der Waals surface area contributed by atoms with E-state index in [1.54, 1.807) is 0 Å². The molecule has 0 atom stereocenters. The quantitative estimate of drug-likeness (QED) is 0.379. The molecule has 5 heteroatoms. The average Bonchev–Trinajstić information content (AvgIpc) is 2.36. The number of hydrogen-bond donors (Lipinski definition) is 3. The SMILES string of the molecule is CC(C)OCCCNCC(=O)c1ccc(O)c(O)c1. The number of Topliss-reactive ketones (excluding diaryl/α,β-unsaturated/α-hetero) is 1. The maximum absolute atomic E-state index is 11.8. The van der Waals surface area contributed by atoms with Crippen LogP contribution in [0.15, 0.2) is 18.2 Å². The summed E-state index contributed by atoms with van der Waals surface area (Å²) in [6.45, 7) is 5.52. The van der Waals surface area contributed by atoms with Crippen molar-refractivity contribution in [1.82, 2.24) is 5.32 Å². The summed E-state index contributed by atoms with van der Waals surface area (Å²) in [7, 11) is 0. The third kappa shape index (κ3) is 5.72. The topological polar surface area (TPSA) is 78.8 Å². The Morgan fingerprint density at radius 3 is 2.68 bits per heavy atom. The molecule has 0 aromatic heterocycles. The zero-order chi connectivity index (χ0) is 14.3. The predicted octanol–water partition coefficient (Wildman–Crippen LogP) is 1.69. The van der Waals surface area contributed by atoms with Crippen LogP contribution in [0.25, 0.3) is 0 Å². The number of ether oxygens (including phenoxy) is 1. The molecule has 0 heterocycles. The number of phenolic OH excluding ortho intramolecular Hbond substituents is 2. The highest BCUT2D eigenvalue weighted by Crippen LogP contribution is 2.24. The lowest BCUT2D eigenvalue weighted by atomic mass is 10.1. The number of rotatable bonds is 8. The molecule has 0 amide bonds. The zero-order valence-electron chi connectivity index (χ0n) is 11.3. The molecule has 0 aliphatic rings. The van der Waals surface area contributed by atoms with Crippen LogP contribution in [0.5, 0.6) is 11.5 Å². The third-order valence-corrected chi connectivity index (χ3v) is 2.53. The minimum Gasteiger partial charge on any atom is -0.504 e. The normalized spacial score (nSPS) is 10.9. The van der Waals surface area contributed by atoms with Crippen molar-refractivity contribution in [3.63, 3.8) is 0 Å². The van der Waals surface area contributed by atoms with E-state index in [1.165, 1.54) is 18.2 Å². The van der Waals surface area contributed by atoms with Crippen molar-refractivity contribution < 1.29 is 19.7 Å². The molecule has 0 saturated heterocycles. The molecule has 1 aromatic carbocycles. The Morgan fingerprint density at radius 2 is 2.05 bits per heavy atom. The van der Waals surface area contributed by atoms with E-state index in [0.717, 1.165) is 6.42 Å². The van der Waals surface area contributed by atoms with Crippen LogP contribution in [0.3, 0.4) is 0 Å². The summed E-state index contributed by atoms with van der Waals surface area (Å²) >= 11 is 0. The standard InChI is InChI=1S/C14H21NO4/c1-10(2)19-7-3-6-15-9-14(18)11-4-5-12(16)13(17)8-11/h4-5,8,10,15-17H,3,6-7,9H2,1-2H3. The lowest BCUT2D eigenvalue weighted by molar-refractivity contribution is 0.0767. The average molecular weight is 267 g/mol. The minimum absolute atomic E-state index is 0.125. The molecule has 0 fully saturated rings. The maximum atomic E-state index is 11.8. The van der Waals surface area contributed by atoms with Gasteiger partial charge in [0.05, 0.1) is 12.6 Å². The molecule has 0 aliphatic carbocycles. The fourth-order valence-corrected chi connectivity index (χ4v) is 1.52. The monoisotopic (exact) mass is 267 g/mol. The van der Waals surface area contributed by atoms with Crippen molar-refractivity contribution in [3.8, 4) is 11.5 Å². The van der Waals surface area contributed by atoms with E-state index >= 15 is 0 Å². The highest BCUT2D eigenvalue weighted by atomic mass is 16.5. The smallest absolute Gasteiger partial charge is 0.176 e. The molecule has 0 aliphatic heterocycles. The van der Waals surface area contributed by atoms with Crippen molar-refractivity contribution in [2.45, 2.75) is 26.4 Å². The van der Waals surface area contributed by atoms with Gasteiger partial charge in [0, 0.05) is 12.2 Å². The molecule has 106 valence electrons. The van der Waals surface area contributed by atoms with Gasteiger partial charge in [0.25, 0.3) is 0 Å². The van der Waals surface area contributed by atoms with Crippen LogP contribution in [-0.4, -0.2) is 41.8 Å². The molecule has 3 N–H and O–H groups in total. The first-order chi connectivity index (χ1) is 9.00. The van der Waals surface area contributed by atoms with E-state index in [9.17, 15) is 9.90 Å². The Bertz CT molecular complexity index is 418. The summed E-state index contributed by atoms with van der Waals surface area (Å²) in [5.74, 6) is -0.633. The van der Waals surface area contributed by atoms with E-state index in [2.05, 4.69) is 5.32 Å². The molecule has 0 radical (unpaired) electrons. The molecule has 1 rings (SSSR count). The van der Waals surface area contributed by atoms with Crippen LogP contribution in [-0.2, 0) is 4.74 Å². The summed E-state index contributed by atoms with van der Waals surface area (Å²) < 4.78 is 5.38. The Balaban J connectivity index is 2.26. The van der Waals surface area contributed by atoms with Gasteiger partial charge in [-0.05, 0) is 45.0 Å². The van der Waals surface area contributed by atoms with Gasteiger partial charge in [0.15, 0.2) is 17.3 Å². The van der Waals surface area contributed by atoms with Crippen molar-refractivity contribution in [3.05, 3.63) is 23.8 Å². The Kier molecular flexibility index (Phi) is 6.32. The number of nitrogens with one attached hydrogen (secondary N) is 1. The number of hydrogen-bond acceptors (Lipinski definition) is 5. The highest BCUT2D eigenvalue weighted by molar-refractivity contribution is 5.98. The molecule has 0 spiro atoms. The first-order valence-electron chi connectivity index (χ1n) is 6.38. The van der Waals surface area contributed by atoms with Gasteiger partial charge in [-0.15, -0.1) is 0 Å². The molecule has 5 nitrogen and oxygen atoms in total. The number of ketones is 1. The van der Waals surface area contributed by atoms with E-state index in [1.807, 2.05) is 13.8 Å². The fraction of sp³-hybridized carbons (Fsp3) is 0.500. The van der Waals surface area contributed by atoms with Crippen LogP contribution in [0.4, 0.5) is 0 Å². The van der Waals surface area contributed by atoms with Gasteiger partial charge in [-0.2, -0.15) is 0 Å². The molecule has 0 bridgehead atoms. The molecular weight excluding hydrogens is 246 g/mol. The number of aromatic hydroxyl groups is 2. The maximum Gasteiger partial charge on any atom is 0.176 e. The summed E-state index contributed by atoms with van der Waals surface area (Å²) in [6, 6.07) is 4.06. The van der Waals surface area contributed by atoms with Gasteiger partial charge in [0.1, 0.15) is 0 Å². The number of carbonyl (C=O) groups excluding carboxylic acids is 1. The molecule has 0 unspecified atom stereocenters. The number of benzene rings is 1. The molecule has 19 heavy (non-hydrogen) atoms. The van der Waals surface area contributed by atoms with Gasteiger partial charge in [0.2, 0.25) is 0 Å². The Labute approximate surface area is 113 Å². The van der Waals surface area contributed by atoms with E-state index < -0.39 is 0 Å². The number of phenols is 2. The van der Waals surface area contributed by atoms with Crippen LogP contribution >= 0.6 is 0 Å². The Morgan fingerprint density at radius 1 is 1.32 bits per heavy atom. The van der Waals surface area contributed by atoms with E-state index in [-0.39, 0.29) is 29.9 Å². The minimum atomic E-state index is -0.281. The third-order valence-electron chi connectivity index (χ3n) is 2.53. The second-order valence-electron chi connectivity index (χ2n) is 4.58. The van der Waals surface area contributed by atoms with Crippen molar-refractivity contribution in [2.75, 3.05) is 19.7 Å². The first kappa shape index (κ1) is 15.5. The first-order valence-corrected chi connectivity index (χ1v) is 6.38. The lowest BCUT2D eigenvalue weighted by Crippen LogP contribution is -2.25. The lowest BCUT2D eigenvalue weighted by Gasteiger charge is -2.08. The van der Waals surface area contributed by atoms with Crippen LogP contribution < -0.4 is 5.32 Å². The number of carbonyl (C=O) groups is 1. The van der Waals surface area contributed by atoms with Gasteiger partial charge < -0.3 is 20.3 Å². The summed E-state index contributed by atoms with van der Waals surface area (Å²) in [5, 5.41) is 21.5. The Hall–Kier alpha value is -1.59. The van der Waals surface area contributed by atoms with Gasteiger partial charge in [-0.1, -0.05) is 0 Å². The second kappa shape index (κ2) is 7.76. The molecular formula is C14H21NO4. The zero-order valence-corrected chi connectivity index (χ0v) is 11.3. The summed E-state index contributed by atoms with van der Waals surface area (Å²) in [6.07, 6.45) is 1.06. The van der Waals surface area contributed by atoms with Crippen LogP contribution in [0, 0.1) is 0 Å². The second-order valence-corrected chi connectivity index (χ2v) is 4.58. The fourth-order valence-electron chi connectivity index (χ4n) is 1.52. The van der Waals surface area contributed by atoms with Crippen LogP contribution in [0.1, 0.15) is 30.6 Å². The predicted molar refractivity (Wildman–Crippen MR) is 72.7 cm³/mol. The van der Waals surface area contributed by atoms with Crippen molar-refractivity contribution in [2.24, 2.45) is 0 Å². The van der Waals surface area contributed by atoms with Gasteiger partial charge >= 0.3 is 0 Å².